The summed E-state index contributed by atoms with van der Waals surface area (Å²) < 4.78 is 0. The second kappa shape index (κ2) is 4.78. The number of aromatic nitrogens is 2. The Labute approximate surface area is 112 Å². The van der Waals surface area contributed by atoms with Gasteiger partial charge in [0.25, 0.3) is 0 Å². The van der Waals surface area contributed by atoms with Crippen LogP contribution in [0.25, 0.3) is 10.8 Å². The molecule has 1 aromatic heterocycles. The summed E-state index contributed by atoms with van der Waals surface area (Å²) in [7, 11) is 0. The van der Waals surface area contributed by atoms with Crippen LogP contribution in [0.2, 0.25) is 0 Å². The van der Waals surface area contributed by atoms with Gasteiger partial charge in [0.05, 0.1) is 23.6 Å². The molecule has 94 valence electrons. The van der Waals surface area contributed by atoms with Crippen molar-refractivity contribution in [2.75, 3.05) is 0 Å². The van der Waals surface area contributed by atoms with Crippen LogP contribution in [0.4, 0.5) is 0 Å². The van der Waals surface area contributed by atoms with E-state index in [2.05, 4.69) is 34.2 Å². The molecule has 1 heterocycles. The molecule has 0 spiro atoms. The zero-order valence-electron chi connectivity index (χ0n) is 10.7. The molecule has 3 heteroatoms. The van der Waals surface area contributed by atoms with Gasteiger partial charge >= 0.3 is 0 Å². The highest BCUT2D eigenvalue weighted by molar-refractivity contribution is 5.86. The van der Waals surface area contributed by atoms with Crippen LogP contribution in [-0.4, -0.2) is 9.97 Å². The number of benzene rings is 2. The molecule has 3 aromatic rings. The molecule has 0 aliphatic heterocycles. The maximum absolute atomic E-state index is 6.33. The van der Waals surface area contributed by atoms with Gasteiger partial charge in [-0.25, -0.2) is 0 Å². The van der Waals surface area contributed by atoms with E-state index < -0.39 is 0 Å². The third-order valence-electron chi connectivity index (χ3n) is 3.28. The molecule has 0 aliphatic rings. The lowest BCUT2D eigenvalue weighted by Crippen LogP contribution is -2.14. The summed E-state index contributed by atoms with van der Waals surface area (Å²) in [5.74, 6) is 0. The van der Waals surface area contributed by atoms with Crippen molar-refractivity contribution in [3.05, 3.63) is 71.8 Å². The summed E-state index contributed by atoms with van der Waals surface area (Å²) in [4.78, 5) is 8.64. The summed E-state index contributed by atoms with van der Waals surface area (Å²) in [5, 5.41) is 2.36. The van der Waals surface area contributed by atoms with E-state index in [0.29, 0.717) is 0 Å². The fraction of sp³-hybridized carbons (Fsp3) is 0.125. The topological polar surface area (TPSA) is 51.8 Å². The number of nitrogens with two attached hydrogens (primary N) is 1. The van der Waals surface area contributed by atoms with Crippen molar-refractivity contribution in [1.82, 2.24) is 9.97 Å². The fourth-order valence-electron chi connectivity index (χ4n) is 2.24. The Kier molecular flexibility index (Phi) is 2.97. The van der Waals surface area contributed by atoms with Gasteiger partial charge in [-0.05, 0) is 23.3 Å². The molecular weight excluding hydrogens is 234 g/mol. The lowest BCUT2D eigenvalue weighted by Gasteiger charge is -2.14. The van der Waals surface area contributed by atoms with Crippen LogP contribution in [0.15, 0.2) is 54.9 Å². The highest BCUT2D eigenvalue weighted by atomic mass is 14.8. The Morgan fingerprint density at radius 2 is 1.74 bits per heavy atom. The van der Waals surface area contributed by atoms with E-state index in [1.807, 2.05) is 25.1 Å². The van der Waals surface area contributed by atoms with Crippen LogP contribution in [-0.2, 0) is 0 Å². The normalized spacial score (nSPS) is 12.5. The first-order valence-electron chi connectivity index (χ1n) is 6.27. The monoisotopic (exact) mass is 249 g/mol. The Bertz CT molecular complexity index is 699. The van der Waals surface area contributed by atoms with Crippen LogP contribution < -0.4 is 5.73 Å². The molecule has 0 saturated carbocycles. The molecule has 0 saturated heterocycles. The molecule has 3 nitrogen and oxygen atoms in total. The summed E-state index contributed by atoms with van der Waals surface area (Å²) in [5.41, 5.74) is 9.10. The molecule has 0 radical (unpaired) electrons. The molecule has 3 rings (SSSR count). The van der Waals surface area contributed by atoms with Crippen LogP contribution in [0.1, 0.15) is 23.0 Å². The summed E-state index contributed by atoms with van der Waals surface area (Å²) in [6.07, 6.45) is 3.50. The number of nitrogens with zero attached hydrogens (tertiary/aromatic N) is 2. The average Bonchev–Trinajstić information content (AvgIpc) is 2.47. The Morgan fingerprint density at radius 1 is 0.947 bits per heavy atom. The molecule has 1 atom stereocenters. The predicted octanol–water partition coefficient (Wildman–Crippen LogP) is 2.99. The van der Waals surface area contributed by atoms with Gasteiger partial charge in [-0.3, -0.25) is 9.97 Å². The van der Waals surface area contributed by atoms with E-state index in [0.717, 1.165) is 17.0 Å². The van der Waals surface area contributed by atoms with Crippen molar-refractivity contribution in [3.8, 4) is 0 Å². The van der Waals surface area contributed by atoms with Gasteiger partial charge in [0.2, 0.25) is 0 Å². The third-order valence-corrected chi connectivity index (χ3v) is 3.28. The molecule has 0 fully saturated rings. The first-order valence-corrected chi connectivity index (χ1v) is 6.27. The average molecular weight is 249 g/mol. The van der Waals surface area contributed by atoms with Crippen LogP contribution >= 0.6 is 0 Å². The number of aryl methyl sites for hydroxylation is 1. The van der Waals surface area contributed by atoms with E-state index in [9.17, 15) is 0 Å². The molecule has 2 N–H and O–H groups in total. The van der Waals surface area contributed by atoms with Crippen molar-refractivity contribution in [2.45, 2.75) is 13.0 Å². The van der Waals surface area contributed by atoms with E-state index in [1.165, 1.54) is 10.8 Å². The van der Waals surface area contributed by atoms with Crippen molar-refractivity contribution in [1.29, 1.82) is 0 Å². The number of fused-ring (bicyclic) bond motifs is 1. The van der Waals surface area contributed by atoms with Crippen LogP contribution in [0.3, 0.4) is 0 Å². The molecule has 0 bridgehead atoms. The van der Waals surface area contributed by atoms with Crippen molar-refractivity contribution >= 4 is 10.8 Å². The fourth-order valence-corrected chi connectivity index (χ4v) is 2.24. The molecule has 0 aliphatic carbocycles. The number of hydrogen-bond donors (Lipinski definition) is 1. The standard InChI is InChI=1S/C16H15N3/c1-11-9-19-15(10-18-11)16(17)14-8-4-6-12-5-2-3-7-13(12)14/h2-10,16H,17H2,1H3. The second-order valence-electron chi connectivity index (χ2n) is 4.63. The second-order valence-corrected chi connectivity index (χ2v) is 4.63. The van der Waals surface area contributed by atoms with Gasteiger partial charge in [0.15, 0.2) is 0 Å². The maximum atomic E-state index is 6.33. The number of rotatable bonds is 2. The van der Waals surface area contributed by atoms with E-state index in [1.54, 1.807) is 12.4 Å². The van der Waals surface area contributed by atoms with Crippen molar-refractivity contribution in [2.24, 2.45) is 5.73 Å². The van der Waals surface area contributed by atoms with Gasteiger partial charge < -0.3 is 5.73 Å². The largest absolute Gasteiger partial charge is 0.319 e. The lowest BCUT2D eigenvalue weighted by atomic mass is 9.97. The van der Waals surface area contributed by atoms with Gasteiger partial charge in [-0.2, -0.15) is 0 Å². The lowest BCUT2D eigenvalue weighted by molar-refractivity contribution is 0.820. The first kappa shape index (κ1) is 11.8. The van der Waals surface area contributed by atoms with Gasteiger partial charge in [-0.15, -0.1) is 0 Å². The minimum Gasteiger partial charge on any atom is -0.319 e. The van der Waals surface area contributed by atoms with Crippen LogP contribution in [0, 0.1) is 6.92 Å². The Morgan fingerprint density at radius 3 is 2.53 bits per heavy atom. The Balaban J connectivity index is 2.11. The highest BCUT2D eigenvalue weighted by Gasteiger charge is 2.13. The molecule has 0 amide bonds. The van der Waals surface area contributed by atoms with Crippen molar-refractivity contribution in [3.63, 3.8) is 0 Å². The van der Waals surface area contributed by atoms with E-state index >= 15 is 0 Å². The van der Waals surface area contributed by atoms with E-state index in [4.69, 9.17) is 5.73 Å². The van der Waals surface area contributed by atoms with Crippen LogP contribution in [0.5, 0.6) is 0 Å². The third kappa shape index (κ3) is 2.20. The molecular formula is C16H15N3. The SMILES string of the molecule is Cc1cnc(C(N)c2cccc3ccccc23)cn1. The quantitative estimate of drug-likeness (QED) is 0.759. The first-order chi connectivity index (χ1) is 9.25. The molecule has 19 heavy (non-hydrogen) atoms. The summed E-state index contributed by atoms with van der Waals surface area (Å²) in [6.45, 7) is 1.92. The van der Waals surface area contributed by atoms with Crippen molar-refractivity contribution < 1.29 is 0 Å². The predicted molar refractivity (Wildman–Crippen MR) is 76.7 cm³/mol. The molecule has 1 unspecified atom stereocenters. The zero-order valence-corrected chi connectivity index (χ0v) is 10.7. The van der Waals surface area contributed by atoms with Gasteiger partial charge in [-0.1, -0.05) is 42.5 Å². The summed E-state index contributed by atoms with van der Waals surface area (Å²) >= 11 is 0. The highest BCUT2D eigenvalue weighted by Crippen LogP contribution is 2.25. The van der Waals surface area contributed by atoms with Gasteiger partial charge in [0, 0.05) is 6.20 Å². The molecule has 2 aromatic carbocycles. The maximum Gasteiger partial charge on any atom is 0.0799 e. The van der Waals surface area contributed by atoms with E-state index in [-0.39, 0.29) is 6.04 Å². The Hall–Kier alpha value is -2.26. The minimum atomic E-state index is -0.251. The smallest absolute Gasteiger partial charge is 0.0799 e. The summed E-state index contributed by atoms with van der Waals surface area (Å²) in [6, 6.07) is 14.2. The number of hydrogen-bond acceptors (Lipinski definition) is 3. The zero-order chi connectivity index (χ0) is 13.2. The minimum absolute atomic E-state index is 0.251. The van der Waals surface area contributed by atoms with Gasteiger partial charge in [0.1, 0.15) is 0 Å².